The number of fused-ring (bicyclic) bond motifs is 1. The number of rotatable bonds is 2. The van der Waals surface area contributed by atoms with Crippen molar-refractivity contribution < 1.29 is 0 Å². The van der Waals surface area contributed by atoms with Crippen molar-refractivity contribution in [3.8, 4) is 6.07 Å². The van der Waals surface area contributed by atoms with Crippen molar-refractivity contribution in [2.45, 2.75) is 32.4 Å². The average Bonchev–Trinajstić information content (AvgIpc) is 2.58. The van der Waals surface area contributed by atoms with E-state index in [0.29, 0.717) is 5.69 Å². The van der Waals surface area contributed by atoms with Crippen LogP contribution < -0.4 is 5.32 Å². The van der Waals surface area contributed by atoms with E-state index in [0.717, 1.165) is 31.0 Å². The summed E-state index contributed by atoms with van der Waals surface area (Å²) in [6, 6.07) is 2.17. The predicted octanol–water partition coefficient (Wildman–Crippen LogP) is 0.810. The molecule has 1 aromatic heterocycles. The summed E-state index contributed by atoms with van der Waals surface area (Å²) in [4.78, 5) is 4.34. The average molecular weight is 190 g/mol. The molecule has 0 amide bonds. The third-order valence-electron chi connectivity index (χ3n) is 2.64. The Morgan fingerprint density at radius 2 is 2.43 bits per heavy atom. The molecule has 0 radical (unpaired) electrons. The van der Waals surface area contributed by atoms with Gasteiger partial charge < -0.3 is 9.88 Å². The Kier molecular flexibility index (Phi) is 2.51. The molecular weight excluding hydrogens is 176 g/mol. The van der Waals surface area contributed by atoms with Crippen LogP contribution in [0, 0.1) is 11.3 Å². The van der Waals surface area contributed by atoms with E-state index in [4.69, 9.17) is 5.26 Å². The fourth-order valence-electron chi connectivity index (χ4n) is 2.00. The molecule has 2 heterocycles. The summed E-state index contributed by atoms with van der Waals surface area (Å²) in [5.41, 5.74) is 1.75. The second-order valence-corrected chi connectivity index (χ2v) is 3.57. The molecule has 1 aromatic rings. The van der Waals surface area contributed by atoms with Crippen LogP contribution in [0.4, 0.5) is 0 Å². The molecule has 0 spiro atoms. The highest BCUT2D eigenvalue weighted by atomic mass is 15.1. The lowest BCUT2D eigenvalue weighted by Gasteiger charge is -2.16. The number of nitrogens with zero attached hydrogens (tertiary/aromatic N) is 3. The van der Waals surface area contributed by atoms with E-state index in [1.54, 1.807) is 0 Å². The summed E-state index contributed by atoms with van der Waals surface area (Å²) in [6.45, 7) is 1.76. The molecule has 4 heteroatoms. The zero-order chi connectivity index (χ0) is 9.97. The molecular formula is C10H14N4. The zero-order valence-corrected chi connectivity index (χ0v) is 8.38. The smallest absolute Gasteiger partial charge is 0.162 e. The second-order valence-electron chi connectivity index (χ2n) is 3.57. The SMILES string of the molecule is CNCc1nc(C#N)c2n1CCCC2. The van der Waals surface area contributed by atoms with Gasteiger partial charge in [-0.15, -0.1) is 0 Å². The van der Waals surface area contributed by atoms with Crippen molar-refractivity contribution in [1.29, 1.82) is 5.26 Å². The quantitative estimate of drug-likeness (QED) is 0.750. The summed E-state index contributed by atoms with van der Waals surface area (Å²) in [5.74, 6) is 0.999. The van der Waals surface area contributed by atoms with Crippen molar-refractivity contribution >= 4 is 0 Å². The van der Waals surface area contributed by atoms with Crippen molar-refractivity contribution in [2.24, 2.45) is 0 Å². The van der Waals surface area contributed by atoms with Gasteiger partial charge >= 0.3 is 0 Å². The minimum Gasteiger partial charge on any atom is -0.330 e. The van der Waals surface area contributed by atoms with Crippen molar-refractivity contribution in [3.05, 3.63) is 17.2 Å². The topological polar surface area (TPSA) is 53.6 Å². The summed E-state index contributed by atoms with van der Waals surface area (Å²) >= 11 is 0. The molecule has 0 saturated heterocycles. The lowest BCUT2D eigenvalue weighted by Crippen LogP contribution is -2.16. The highest BCUT2D eigenvalue weighted by molar-refractivity contribution is 5.30. The molecule has 14 heavy (non-hydrogen) atoms. The normalized spacial score (nSPS) is 14.9. The van der Waals surface area contributed by atoms with Gasteiger partial charge in [0, 0.05) is 6.54 Å². The summed E-state index contributed by atoms with van der Waals surface area (Å²) in [6.07, 6.45) is 3.38. The van der Waals surface area contributed by atoms with Crippen LogP contribution in [0.25, 0.3) is 0 Å². The Bertz CT molecular complexity index is 372. The van der Waals surface area contributed by atoms with E-state index < -0.39 is 0 Å². The van der Waals surface area contributed by atoms with Crippen LogP contribution in [0.3, 0.4) is 0 Å². The maximum Gasteiger partial charge on any atom is 0.162 e. The number of hydrogen-bond donors (Lipinski definition) is 1. The van der Waals surface area contributed by atoms with Gasteiger partial charge in [0.25, 0.3) is 0 Å². The standard InChI is InChI=1S/C10H14N4/c1-12-7-10-13-8(6-11)9-4-2-3-5-14(9)10/h12H,2-5,7H2,1H3. The number of nitrogens with one attached hydrogen (secondary N) is 1. The van der Waals surface area contributed by atoms with Gasteiger partial charge in [-0.05, 0) is 26.3 Å². The van der Waals surface area contributed by atoms with E-state index in [9.17, 15) is 0 Å². The minimum atomic E-state index is 0.620. The van der Waals surface area contributed by atoms with Gasteiger partial charge in [0.15, 0.2) is 5.69 Å². The largest absolute Gasteiger partial charge is 0.330 e. The van der Waals surface area contributed by atoms with Gasteiger partial charge in [0.05, 0.1) is 12.2 Å². The first-order chi connectivity index (χ1) is 6.86. The van der Waals surface area contributed by atoms with Crippen molar-refractivity contribution in [2.75, 3.05) is 7.05 Å². The molecule has 2 rings (SSSR count). The second kappa shape index (κ2) is 3.81. The van der Waals surface area contributed by atoms with E-state index in [1.807, 2.05) is 7.05 Å². The number of hydrogen-bond acceptors (Lipinski definition) is 3. The first kappa shape index (κ1) is 9.22. The Morgan fingerprint density at radius 1 is 1.57 bits per heavy atom. The Labute approximate surface area is 83.6 Å². The first-order valence-electron chi connectivity index (χ1n) is 4.99. The molecule has 0 fully saturated rings. The maximum atomic E-state index is 8.93. The highest BCUT2D eigenvalue weighted by Crippen LogP contribution is 2.20. The van der Waals surface area contributed by atoms with Gasteiger partial charge in [0.1, 0.15) is 11.9 Å². The first-order valence-corrected chi connectivity index (χ1v) is 4.99. The van der Waals surface area contributed by atoms with Crippen LogP contribution in [0.5, 0.6) is 0 Å². The number of aromatic nitrogens is 2. The van der Waals surface area contributed by atoms with E-state index >= 15 is 0 Å². The molecule has 0 unspecified atom stereocenters. The van der Waals surface area contributed by atoms with E-state index in [-0.39, 0.29) is 0 Å². The third-order valence-corrected chi connectivity index (χ3v) is 2.64. The van der Waals surface area contributed by atoms with Crippen LogP contribution in [0.2, 0.25) is 0 Å². The fraction of sp³-hybridized carbons (Fsp3) is 0.600. The van der Waals surface area contributed by atoms with Crippen LogP contribution in [0.15, 0.2) is 0 Å². The fourth-order valence-corrected chi connectivity index (χ4v) is 2.00. The molecule has 0 saturated carbocycles. The molecule has 4 nitrogen and oxygen atoms in total. The minimum absolute atomic E-state index is 0.620. The molecule has 0 aliphatic carbocycles. The van der Waals surface area contributed by atoms with Crippen molar-refractivity contribution in [3.63, 3.8) is 0 Å². The van der Waals surface area contributed by atoms with Gasteiger partial charge in [-0.2, -0.15) is 5.26 Å². The van der Waals surface area contributed by atoms with Gasteiger partial charge in [0.2, 0.25) is 0 Å². The summed E-state index contributed by atoms with van der Waals surface area (Å²) in [5, 5.41) is 12.0. The maximum absolute atomic E-state index is 8.93. The number of imidazole rings is 1. The summed E-state index contributed by atoms with van der Waals surface area (Å²) < 4.78 is 2.19. The monoisotopic (exact) mass is 190 g/mol. The number of nitriles is 1. The van der Waals surface area contributed by atoms with Gasteiger partial charge in [-0.3, -0.25) is 0 Å². The zero-order valence-electron chi connectivity index (χ0n) is 8.38. The Morgan fingerprint density at radius 3 is 3.14 bits per heavy atom. The van der Waals surface area contributed by atoms with Gasteiger partial charge in [-0.1, -0.05) is 0 Å². The highest BCUT2D eigenvalue weighted by Gasteiger charge is 2.18. The van der Waals surface area contributed by atoms with Crippen LogP contribution >= 0.6 is 0 Å². The third kappa shape index (κ3) is 1.40. The van der Waals surface area contributed by atoms with Crippen LogP contribution in [-0.2, 0) is 19.5 Å². The van der Waals surface area contributed by atoms with E-state index in [1.165, 1.54) is 12.8 Å². The van der Waals surface area contributed by atoms with Crippen LogP contribution in [0.1, 0.15) is 30.1 Å². The molecule has 1 aliphatic rings. The predicted molar refractivity (Wildman–Crippen MR) is 52.6 cm³/mol. The lowest BCUT2D eigenvalue weighted by molar-refractivity contribution is 0.507. The summed E-state index contributed by atoms with van der Waals surface area (Å²) in [7, 11) is 1.90. The molecule has 1 aliphatic heterocycles. The lowest BCUT2D eigenvalue weighted by atomic mass is 10.1. The van der Waals surface area contributed by atoms with Crippen LogP contribution in [-0.4, -0.2) is 16.6 Å². The molecule has 0 atom stereocenters. The van der Waals surface area contributed by atoms with Crippen molar-refractivity contribution in [1.82, 2.24) is 14.9 Å². The Balaban J connectivity index is 2.42. The molecule has 0 aromatic carbocycles. The molecule has 0 bridgehead atoms. The molecule has 74 valence electrons. The van der Waals surface area contributed by atoms with E-state index in [2.05, 4.69) is 20.9 Å². The van der Waals surface area contributed by atoms with Gasteiger partial charge in [-0.25, -0.2) is 4.98 Å². The Hall–Kier alpha value is -1.34. The molecule has 1 N–H and O–H groups in total.